The molecule has 0 aromatic heterocycles. The Balaban J connectivity index is 2.20. The van der Waals surface area contributed by atoms with Crippen LogP contribution in [0.5, 0.6) is 0 Å². The van der Waals surface area contributed by atoms with Crippen molar-refractivity contribution in [3.63, 3.8) is 0 Å². The van der Waals surface area contributed by atoms with E-state index in [2.05, 4.69) is 48.5 Å². The van der Waals surface area contributed by atoms with Gasteiger partial charge >= 0.3 is 7.12 Å². The third-order valence-electron chi connectivity index (χ3n) is 5.98. The minimum absolute atomic E-state index is 0.200. The molecule has 2 fully saturated rings. The van der Waals surface area contributed by atoms with Crippen molar-refractivity contribution in [1.82, 2.24) is 0 Å². The summed E-state index contributed by atoms with van der Waals surface area (Å²) in [5.74, 6) is 0.764. The van der Waals surface area contributed by atoms with Gasteiger partial charge < -0.3 is 14.4 Å². The summed E-state index contributed by atoms with van der Waals surface area (Å²) < 4.78 is 12.6. The van der Waals surface area contributed by atoms with Gasteiger partial charge in [0.25, 0.3) is 0 Å². The molecular weight excluding hydrogens is 263 g/mol. The summed E-state index contributed by atoms with van der Waals surface area (Å²) in [7, 11) is -0.276. The highest BCUT2D eigenvalue weighted by atomic mass is 16.7. The Morgan fingerprint density at radius 2 is 1.67 bits per heavy atom. The van der Waals surface area contributed by atoms with E-state index in [9.17, 15) is 5.11 Å². The highest BCUT2D eigenvalue weighted by Gasteiger charge is 2.72. The monoisotopic (exact) mass is 296 g/mol. The van der Waals surface area contributed by atoms with Crippen LogP contribution in [0.3, 0.4) is 0 Å². The average Bonchev–Trinajstić information content (AvgIpc) is 3.03. The largest absolute Gasteiger partial charge is 0.467 e. The van der Waals surface area contributed by atoms with Gasteiger partial charge in [-0.1, -0.05) is 40.0 Å². The molecule has 3 nitrogen and oxygen atoms in total. The van der Waals surface area contributed by atoms with Crippen molar-refractivity contribution in [1.29, 1.82) is 0 Å². The van der Waals surface area contributed by atoms with Crippen molar-refractivity contribution in [2.24, 2.45) is 11.8 Å². The van der Waals surface area contributed by atoms with Crippen LogP contribution in [0.25, 0.3) is 0 Å². The molecule has 1 aliphatic carbocycles. The molecule has 0 amide bonds. The van der Waals surface area contributed by atoms with Crippen LogP contribution in [-0.2, 0) is 9.31 Å². The fourth-order valence-electron chi connectivity index (χ4n) is 3.66. The molecule has 4 heteroatoms. The predicted molar refractivity (Wildman–Crippen MR) is 87.3 cm³/mol. The van der Waals surface area contributed by atoms with Gasteiger partial charge in [0.15, 0.2) is 0 Å². The van der Waals surface area contributed by atoms with Crippen LogP contribution in [0, 0.1) is 11.8 Å². The number of rotatable bonds is 6. The van der Waals surface area contributed by atoms with E-state index in [1.54, 1.807) is 0 Å². The van der Waals surface area contributed by atoms with E-state index in [4.69, 9.17) is 9.31 Å². The Labute approximate surface area is 130 Å². The first-order chi connectivity index (χ1) is 9.58. The maximum atomic E-state index is 10.8. The molecule has 0 aromatic rings. The van der Waals surface area contributed by atoms with Crippen molar-refractivity contribution in [3.8, 4) is 0 Å². The maximum Gasteiger partial charge on any atom is 0.467 e. The van der Waals surface area contributed by atoms with Crippen LogP contribution in [-0.4, -0.2) is 29.5 Å². The number of hydrogen-bond acceptors (Lipinski definition) is 3. The third kappa shape index (κ3) is 2.79. The summed E-state index contributed by atoms with van der Waals surface area (Å²) in [4.78, 5) is 0. The molecule has 0 bridgehead atoms. The molecule has 0 unspecified atom stereocenters. The zero-order valence-corrected chi connectivity index (χ0v) is 14.9. The van der Waals surface area contributed by atoms with Gasteiger partial charge in [0.1, 0.15) is 0 Å². The Kier molecular flexibility index (Phi) is 4.56. The van der Waals surface area contributed by atoms with Gasteiger partial charge in [0.2, 0.25) is 0 Å². The van der Waals surface area contributed by atoms with Gasteiger partial charge in [-0.05, 0) is 46.0 Å². The standard InChI is InChI=1S/C17H33BO3/c1-8-9-10-13-11-17(13,14(19)12(2)3)18-20-15(4,5)16(6,7)21-18/h12-14,19H,8-11H2,1-7H3/t13-,14+,17-/m0/s1. The van der Waals surface area contributed by atoms with Gasteiger partial charge in [-0.2, -0.15) is 0 Å². The molecule has 2 rings (SSSR count). The highest BCUT2D eigenvalue weighted by molar-refractivity contribution is 6.51. The van der Waals surface area contributed by atoms with Crippen molar-refractivity contribution >= 4 is 7.12 Å². The van der Waals surface area contributed by atoms with Gasteiger partial charge in [0, 0.05) is 5.31 Å². The Morgan fingerprint density at radius 1 is 1.14 bits per heavy atom. The quantitative estimate of drug-likeness (QED) is 0.752. The highest BCUT2D eigenvalue weighted by Crippen LogP contribution is 2.69. The van der Waals surface area contributed by atoms with Crippen molar-refractivity contribution < 1.29 is 14.4 Å². The lowest BCUT2D eigenvalue weighted by Gasteiger charge is -2.32. The van der Waals surface area contributed by atoms with E-state index in [0.29, 0.717) is 5.92 Å². The molecular formula is C17H33BO3. The Bertz CT molecular complexity index is 364. The molecule has 1 saturated heterocycles. The summed E-state index contributed by atoms with van der Waals surface area (Å²) in [6.45, 7) is 14.8. The summed E-state index contributed by atoms with van der Waals surface area (Å²) in [6, 6.07) is 0. The van der Waals surface area contributed by atoms with Crippen molar-refractivity contribution in [2.75, 3.05) is 0 Å². The molecule has 1 heterocycles. The normalized spacial score (nSPS) is 35.3. The average molecular weight is 296 g/mol. The van der Waals surface area contributed by atoms with Gasteiger partial charge in [-0.15, -0.1) is 0 Å². The fourth-order valence-corrected chi connectivity index (χ4v) is 3.66. The Morgan fingerprint density at radius 3 is 2.10 bits per heavy atom. The summed E-state index contributed by atoms with van der Waals surface area (Å²) in [5, 5.41) is 10.6. The van der Waals surface area contributed by atoms with Crippen LogP contribution in [0.15, 0.2) is 0 Å². The van der Waals surface area contributed by atoms with Crippen molar-refractivity contribution in [3.05, 3.63) is 0 Å². The van der Waals surface area contributed by atoms with Crippen molar-refractivity contribution in [2.45, 2.75) is 96.8 Å². The topological polar surface area (TPSA) is 38.7 Å². The molecule has 0 radical (unpaired) electrons. The number of aliphatic hydroxyl groups excluding tert-OH is 1. The number of aliphatic hydroxyl groups is 1. The second kappa shape index (κ2) is 5.54. The van der Waals surface area contributed by atoms with E-state index in [-0.39, 0.29) is 35.7 Å². The Hall–Kier alpha value is -0.0551. The smallest absolute Gasteiger partial charge is 0.403 e. The van der Waals surface area contributed by atoms with Crippen LogP contribution in [0.1, 0.15) is 74.1 Å². The first kappa shape index (κ1) is 17.3. The van der Waals surface area contributed by atoms with E-state index in [1.807, 2.05) is 0 Å². The molecule has 0 aromatic carbocycles. The third-order valence-corrected chi connectivity index (χ3v) is 5.98. The van der Waals surface area contributed by atoms with Gasteiger partial charge in [-0.3, -0.25) is 0 Å². The molecule has 1 aliphatic heterocycles. The SMILES string of the molecule is CCCC[C@H]1C[C@@]1(B1OC(C)(C)C(C)(C)O1)[C@H](O)C(C)C. The zero-order chi connectivity index (χ0) is 16.1. The van der Waals surface area contributed by atoms with E-state index in [0.717, 1.165) is 6.42 Å². The van der Waals surface area contributed by atoms with Gasteiger partial charge in [0.05, 0.1) is 17.3 Å². The first-order valence-electron chi connectivity index (χ1n) is 8.62. The molecule has 1 N–H and O–H groups in total. The number of unbranched alkanes of at least 4 members (excludes halogenated alkanes) is 1. The summed E-state index contributed by atoms with van der Waals surface area (Å²) in [6.07, 6.45) is 4.27. The molecule has 3 atom stereocenters. The molecule has 0 spiro atoms. The molecule has 21 heavy (non-hydrogen) atoms. The van der Waals surface area contributed by atoms with Crippen LogP contribution in [0.4, 0.5) is 0 Å². The second-order valence-electron chi connectivity index (χ2n) is 8.43. The van der Waals surface area contributed by atoms with Crippen LogP contribution >= 0.6 is 0 Å². The van der Waals surface area contributed by atoms with Gasteiger partial charge in [-0.25, -0.2) is 0 Å². The summed E-state index contributed by atoms with van der Waals surface area (Å²) in [5.41, 5.74) is -0.640. The lowest BCUT2D eigenvalue weighted by Crippen LogP contribution is -2.41. The minimum atomic E-state index is -0.353. The van der Waals surface area contributed by atoms with E-state index < -0.39 is 0 Å². The zero-order valence-electron chi connectivity index (χ0n) is 14.9. The van der Waals surface area contributed by atoms with E-state index >= 15 is 0 Å². The second-order valence-corrected chi connectivity index (χ2v) is 8.43. The molecule has 1 saturated carbocycles. The predicted octanol–water partition coefficient (Wildman–Crippen LogP) is 4.05. The summed E-state index contributed by atoms with van der Waals surface area (Å²) >= 11 is 0. The van der Waals surface area contributed by atoms with Crippen LogP contribution in [0.2, 0.25) is 5.31 Å². The lowest BCUT2D eigenvalue weighted by molar-refractivity contribution is 0.00578. The number of hydrogen-bond donors (Lipinski definition) is 1. The lowest BCUT2D eigenvalue weighted by atomic mass is 9.60. The van der Waals surface area contributed by atoms with Crippen LogP contribution < -0.4 is 0 Å². The fraction of sp³-hybridized carbons (Fsp3) is 1.00. The minimum Gasteiger partial charge on any atom is -0.403 e. The molecule has 2 aliphatic rings. The molecule has 122 valence electrons. The maximum absolute atomic E-state index is 10.8. The van der Waals surface area contributed by atoms with E-state index in [1.165, 1.54) is 19.3 Å². The first-order valence-corrected chi connectivity index (χ1v) is 8.62.